The fourth-order valence-electron chi connectivity index (χ4n) is 2.13. The van der Waals surface area contributed by atoms with Crippen molar-refractivity contribution in [2.24, 2.45) is 0 Å². The lowest BCUT2D eigenvalue weighted by atomic mass is 10.1. The van der Waals surface area contributed by atoms with Gasteiger partial charge in [-0.2, -0.15) is 0 Å². The Morgan fingerprint density at radius 3 is 2.68 bits per heavy atom. The van der Waals surface area contributed by atoms with Crippen molar-refractivity contribution in [2.75, 3.05) is 0 Å². The molecule has 1 heterocycles. The van der Waals surface area contributed by atoms with Crippen molar-refractivity contribution >= 4 is 12.0 Å². The number of carbonyl (C=O) groups is 1. The number of rotatable bonds is 6. The zero-order valence-electron chi connectivity index (χ0n) is 12.8. The Hall–Kier alpha value is -2.33. The molecule has 22 heavy (non-hydrogen) atoms. The monoisotopic (exact) mass is 299 g/mol. The van der Waals surface area contributed by atoms with E-state index in [1.54, 1.807) is 18.2 Å². The summed E-state index contributed by atoms with van der Waals surface area (Å²) in [5, 5.41) is 12.8. The predicted octanol–water partition coefficient (Wildman–Crippen LogP) is 3.23. The molecule has 2 unspecified atom stereocenters. The molecule has 2 atom stereocenters. The third-order valence-corrected chi connectivity index (χ3v) is 3.34. The fourth-order valence-corrected chi connectivity index (χ4v) is 2.13. The summed E-state index contributed by atoms with van der Waals surface area (Å²) in [5.74, 6) is 0.330. The number of amides is 1. The largest absolute Gasteiger partial charge is 0.467 e. The second kappa shape index (κ2) is 7.61. The maximum atomic E-state index is 11.9. The van der Waals surface area contributed by atoms with Gasteiger partial charge in [0.05, 0.1) is 6.26 Å². The second-order valence-electron chi connectivity index (χ2n) is 5.42. The van der Waals surface area contributed by atoms with E-state index in [-0.39, 0.29) is 11.9 Å². The highest BCUT2D eigenvalue weighted by Gasteiger charge is 2.15. The predicted molar refractivity (Wildman–Crippen MR) is 86.1 cm³/mol. The highest BCUT2D eigenvalue weighted by Crippen LogP contribution is 2.18. The van der Waals surface area contributed by atoms with Gasteiger partial charge in [0.2, 0.25) is 5.91 Å². The Balaban J connectivity index is 1.82. The highest BCUT2D eigenvalue weighted by atomic mass is 16.4. The first-order valence-electron chi connectivity index (χ1n) is 7.31. The van der Waals surface area contributed by atoms with Crippen molar-refractivity contribution < 1.29 is 14.3 Å². The maximum absolute atomic E-state index is 11.9. The van der Waals surface area contributed by atoms with Gasteiger partial charge in [-0.1, -0.05) is 29.8 Å². The molecular weight excluding hydrogens is 278 g/mol. The van der Waals surface area contributed by atoms with E-state index in [2.05, 4.69) is 5.32 Å². The van der Waals surface area contributed by atoms with E-state index in [0.717, 1.165) is 5.56 Å². The highest BCUT2D eigenvalue weighted by molar-refractivity contribution is 5.91. The van der Waals surface area contributed by atoms with Crippen LogP contribution in [0.4, 0.5) is 0 Å². The third kappa shape index (κ3) is 4.90. The Bertz CT molecular complexity index is 614. The lowest BCUT2D eigenvalue weighted by Gasteiger charge is -2.15. The van der Waals surface area contributed by atoms with Gasteiger partial charge in [-0.3, -0.25) is 4.79 Å². The molecule has 0 bridgehead atoms. The van der Waals surface area contributed by atoms with Crippen LogP contribution in [0.25, 0.3) is 6.08 Å². The van der Waals surface area contributed by atoms with Crippen LogP contribution < -0.4 is 5.32 Å². The summed E-state index contributed by atoms with van der Waals surface area (Å²) in [7, 11) is 0. The van der Waals surface area contributed by atoms with E-state index >= 15 is 0 Å². The summed E-state index contributed by atoms with van der Waals surface area (Å²) in [6, 6.07) is 11.2. The van der Waals surface area contributed by atoms with Crippen molar-refractivity contribution in [3.8, 4) is 0 Å². The number of aliphatic hydroxyl groups is 1. The number of hydrogen-bond donors (Lipinski definition) is 2. The Morgan fingerprint density at radius 1 is 1.32 bits per heavy atom. The van der Waals surface area contributed by atoms with Crippen molar-refractivity contribution in [1.82, 2.24) is 5.32 Å². The van der Waals surface area contributed by atoms with Gasteiger partial charge in [0.25, 0.3) is 0 Å². The summed E-state index contributed by atoms with van der Waals surface area (Å²) in [6.07, 6.45) is 4.47. The van der Waals surface area contributed by atoms with Crippen LogP contribution >= 0.6 is 0 Å². The van der Waals surface area contributed by atoms with E-state index < -0.39 is 6.10 Å². The van der Waals surface area contributed by atoms with Crippen molar-refractivity contribution in [1.29, 1.82) is 0 Å². The Labute approximate surface area is 130 Å². The summed E-state index contributed by atoms with van der Waals surface area (Å²) >= 11 is 0. The second-order valence-corrected chi connectivity index (χ2v) is 5.42. The first-order chi connectivity index (χ1) is 10.5. The van der Waals surface area contributed by atoms with Crippen LogP contribution in [0.15, 0.2) is 53.2 Å². The first-order valence-corrected chi connectivity index (χ1v) is 7.31. The molecule has 2 N–H and O–H groups in total. The lowest BCUT2D eigenvalue weighted by Crippen LogP contribution is -2.32. The minimum absolute atomic E-state index is 0.157. The van der Waals surface area contributed by atoms with Gasteiger partial charge >= 0.3 is 0 Å². The molecule has 0 aliphatic rings. The molecule has 0 aliphatic heterocycles. The average Bonchev–Trinajstić information content (AvgIpc) is 3.01. The van der Waals surface area contributed by atoms with Crippen LogP contribution in [0.2, 0.25) is 0 Å². The number of nitrogens with one attached hydrogen (secondary N) is 1. The van der Waals surface area contributed by atoms with Gasteiger partial charge in [-0.25, -0.2) is 0 Å². The molecule has 0 radical (unpaired) electrons. The molecule has 0 spiro atoms. The van der Waals surface area contributed by atoms with Crippen LogP contribution in [0, 0.1) is 6.92 Å². The summed E-state index contributed by atoms with van der Waals surface area (Å²) in [6.45, 7) is 3.87. The van der Waals surface area contributed by atoms with Gasteiger partial charge in [0.15, 0.2) is 0 Å². The topological polar surface area (TPSA) is 62.5 Å². The van der Waals surface area contributed by atoms with Gasteiger partial charge in [0.1, 0.15) is 11.9 Å². The lowest BCUT2D eigenvalue weighted by molar-refractivity contribution is -0.117. The molecule has 2 aromatic rings. The number of hydrogen-bond acceptors (Lipinski definition) is 3. The molecule has 1 aromatic heterocycles. The first kappa shape index (κ1) is 16.0. The summed E-state index contributed by atoms with van der Waals surface area (Å²) < 4.78 is 5.14. The molecule has 0 saturated carbocycles. The maximum Gasteiger partial charge on any atom is 0.244 e. The zero-order valence-corrected chi connectivity index (χ0v) is 12.8. The van der Waals surface area contributed by atoms with E-state index in [1.807, 2.05) is 38.1 Å². The molecule has 2 rings (SSSR count). The molecular formula is C18H21NO3. The summed E-state index contributed by atoms with van der Waals surface area (Å²) in [4.78, 5) is 11.9. The minimum atomic E-state index is -0.716. The van der Waals surface area contributed by atoms with Crippen LogP contribution in [-0.4, -0.2) is 17.1 Å². The number of aliphatic hydroxyl groups excluding tert-OH is 1. The van der Waals surface area contributed by atoms with E-state index in [4.69, 9.17) is 4.42 Å². The van der Waals surface area contributed by atoms with E-state index in [9.17, 15) is 9.90 Å². The van der Waals surface area contributed by atoms with Gasteiger partial charge in [0, 0.05) is 18.5 Å². The average molecular weight is 299 g/mol. The quantitative estimate of drug-likeness (QED) is 0.805. The molecule has 1 amide bonds. The van der Waals surface area contributed by atoms with Gasteiger partial charge in [-0.15, -0.1) is 0 Å². The van der Waals surface area contributed by atoms with Gasteiger partial charge < -0.3 is 14.8 Å². The SMILES string of the molecule is Cc1ccc(/C=C/C(=O)NC(C)CC(O)c2ccco2)cc1. The molecule has 4 heteroatoms. The summed E-state index contributed by atoms with van der Waals surface area (Å²) in [5.41, 5.74) is 2.16. The van der Waals surface area contributed by atoms with Crippen LogP contribution in [0.3, 0.4) is 0 Å². The molecule has 4 nitrogen and oxygen atoms in total. The molecule has 116 valence electrons. The number of aryl methyl sites for hydroxylation is 1. The number of benzene rings is 1. The molecule has 1 aromatic carbocycles. The van der Waals surface area contributed by atoms with E-state index in [1.165, 1.54) is 17.9 Å². The minimum Gasteiger partial charge on any atom is -0.467 e. The third-order valence-electron chi connectivity index (χ3n) is 3.34. The standard InChI is InChI=1S/C18H21NO3/c1-13-5-7-15(8-6-13)9-10-18(21)19-14(2)12-16(20)17-4-3-11-22-17/h3-11,14,16,20H,12H2,1-2H3,(H,19,21)/b10-9+. The molecule has 0 saturated heterocycles. The molecule has 0 fully saturated rings. The van der Waals surface area contributed by atoms with Crippen molar-refractivity contribution in [2.45, 2.75) is 32.4 Å². The smallest absolute Gasteiger partial charge is 0.244 e. The molecule has 0 aliphatic carbocycles. The fraction of sp³-hybridized carbons (Fsp3) is 0.278. The Morgan fingerprint density at radius 2 is 2.05 bits per heavy atom. The number of carbonyl (C=O) groups excluding carboxylic acids is 1. The van der Waals surface area contributed by atoms with E-state index in [0.29, 0.717) is 12.2 Å². The zero-order chi connectivity index (χ0) is 15.9. The number of furan rings is 1. The van der Waals surface area contributed by atoms with Crippen LogP contribution in [0.1, 0.15) is 36.3 Å². The van der Waals surface area contributed by atoms with Crippen LogP contribution in [0.5, 0.6) is 0 Å². The van der Waals surface area contributed by atoms with Gasteiger partial charge in [-0.05, 0) is 37.6 Å². The van der Waals surface area contributed by atoms with Crippen molar-refractivity contribution in [3.05, 3.63) is 65.6 Å². The van der Waals surface area contributed by atoms with Crippen molar-refractivity contribution in [3.63, 3.8) is 0 Å². The Kier molecular flexibility index (Phi) is 5.55. The normalized spacial score (nSPS) is 14.0. The van der Waals surface area contributed by atoms with Crippen LogP contribution in [-0.2, 0) is 4.79 Å².